The van der Waals surface area contributed by atoms with E-state index in [1.54, 1.807) is 0 Å². The van der Waals surface area contributed by atoms with Gasteiger partial charge in [0.05, 0.1) is 0 Å². The third-order valence-corrected chi connectivity index (χ3v) is 1.76. The first-order valence-corrected chi connectivity index (χ1v) is 5.61. The van der Waals surface area contributed by atoms with Crippen LogP contribution in [0.3, 0.4) is 0 Å². The van der Waals surface area contributed by atoms with E-state index in [1.807, 2.05) is 72.8 Å². The maximum Gasteiger partial charge on any atom is 0.125 e. The molecule has 0 spiro atoms. The average molecular weight is 313 g/mol. The van der Waals surface area contributed by atoms with Crippen LogP contribution in [0.5, 0.6) is 0 Å². The van der Waals surface area contributed by atoms with Crippen LogP contribution >= 0.6 is 24.8 Å². The van der Waals surface area contributed by atoms with Crippen molar-refractivity contribution < 1.29 is 9.47 Å². The zero-order valence-corrected chi connectivity index (χ0v) is 12.5. The number of rotatable bonds is 0. The standard InChI is InChI=1S/2C6H6.C4H4O2.2ClH/c2*1-2-4-6-5-3-1;1-2-6-4-3-5-1;;/h2*1-6H;1-4H;2*1H. The quantitative estimate of drug-likeness (QED) is 0.666. The van der Waals surface area contributed by atoms with E-state index in [0.717, 1.165) is 0 Å². The van der Waals surface area contributed by atoms with Crippen LogP contribution in [0.1, 0.15) is 0 Å². The largest absolute Gasteiger partial charge is 0.466 e. The fourth-order valence-corrected chi connectivity index (χ4v) is 0.989. The zero-order valence-electron chi connectivity index (χ0n) is 10.9. The lowest BCUT2D eigenvalue weighted by Crippen LogP contribution is -1.74. The minimum absolute atomic E-state index is 0. The predicted molar refractivity (Wildman–Crippen MR) is 87.8 cm³/mol. The van der Waals surface area contributed by atoms with E-state index < -0.39 is 0 Å². The molecule has 0 amide bonds. The summed E-state index contributed by atoms with van der Waals surface area (Å²) in [5, 5.41) is 0. The summed E-state index contributed by atoms with van der Waals surface area (Å²) >= 11 is 0. The van der Waals surface area contributed by atoms with E-state index in [1.165, 1.54) is 25.0 Å². The molecule has 0 aromatic heterocycles. The molecule has 0 aliphatic carbocycles. The number of hydrogen-bond donors (Lipinski definition) is 0. The number of halogens is 2. The molecule has 3 rings (SSSR count). The van der Waals surface area contributed by atoms with Gasteiger partial charge in [-0.1, -0.05) is 72.8 Å². The second kappa shape index (κ2) is 17.1. The highest BCUT2D eigenvalue weighted by molar-refractivity contribution is 5.85. The Morgan fingerprint density at radius 1 is 0.300 bits per heavy atom. The van der Waals surface area contributed by atoms with Gasteiger partial charge >= 0.3 is 0 Å². The second-order valence-electron chi connectivity index (χ2n) is 3.13. The van der Waals surface area contributed by atoms with Crippen LogP contribution < -0.4 is 0 Å². The lowest BCUT2D eigenvalue weighted by Gasteiger charge is -1.94. The van der Waals surface area contributed by atoms with Crippen LogP contribution in [0.25, 0.3) is 0 Å². The Balaban J connectivity index is 0. The topological polar surface area (TPSA) is 18.5 Å². The molecule has 0 radical (unpaired) electrons. The Bertz CT molecular complexity index is 326. The van der Waals surface area contributed by atoms with Gasteiger partial charge < -0.3 is 9.47 Å². The van der Waals surface area contributed by atoms with Gasteiger partial charge in [0, 0.05) is 0 Å². The molecule has 2 nitrogen and oxygen atoms in total. The van der Waals surface area contributed by atoms with E-state index in [4.69, 9.17) is 0 Å². The Kier molecular flexibility index (Phi) is 17.5. The van der Waals surface area contributed by atoms with Crippen LogP contribution in [-0.2, 0) is 9.47 Å². The smallest absolute Gasteiger partial charge is 0.125 e. The fraction of sp³-hybridized carbons (Fsp3) is 0. The van der Waals surface area contributed by atoms with Gasteiger partial charge in [-0.2, -0.15) is 0 Å². The third kappa shape index (κ3) is 14.2. The van der Waals surface area contributed by atoms with Crippen molar-refractivity contribution in [2.75, 3.05) is 0 Å². The summed E-state index contributed by atoms with van der Waals surface area (Å²) < 4.78 is 9.17. The van der Waals surface area contributed by atoms with Gasteiger partial charge in [0.2, 0.25) is 0 Å². The van der Waals surface area contributed by atoms with E-state index in [-0.39, 0.29) is 24.8 Å². The van der Waals surface area contributed by atoms with Gasteiger partial charge in [0.25, 0.3) is 0 Å². The van der Waals surface area contributed by atoms with Crippen LogP contribution in [0.4, 0.5) is 0 Å². The second-order valence-corrected chi connectivity index (χ2v) is 3.13. The Labute approximate surface area is 132 Å². The molecule has 1 aliphatic rings. The summed E-state index contributed by atoms with van der Waals surface area (Å²) in [6.45, 7) is 0. The van der Waals surface area contributed by atoms with Crippen LogP contribution in [0.15, 0.2) is 97.8 Å². The molecule has 0 atom stereocenters. The van der Waals surface area contributed by atoms with Crippen LogP contribution in [0, 0.1) is 0 Å². The van der Waals surface area contributed by atoms with Crippen molar-refractivity contribution in [3.63, 3.8) is 0 Å². The maximum atomic E-state index is 4.58. The Morgan fingerprint density at radius 3 is 0.550 bits per heavy atom. The van der Waals surface area contributed by atoms with Crippen molar-refractivity contribution in [3.05, 3.63) is 97.8 Å². The maximum absolute atomic E-state index is 4.58. The van der Waals surface area contributed by atoms with Crippen LogP contribution in [0.2, 0.25) is 0 Å². The van der Waals surface area contributed by atoms with Crippen molar-refractivity contribution in [3.8, 4) is 0 Å². The van der Waals surface area contributed by atoms with E-state index in [9.17, 15) is 0 Å². The summed E-state index contributed by atoms with van der Waals surface area (Å²) in [6.07, 6.45) is 5.83. The number of benzene rings is 2. The summed E-state index contributed by atoms with van der Waals surface area (Å²) in [4.78, 5) is 0. The van der Waals surface area contributed by atoms with Crippen molar-refractivity contribution in [1.29, 1.82) is 0 Å². The molecular weight excluding hydrogens is 295 g/mol. The molecule has 0 unspecified atom stereocenters. The van der Waals surface area contributed by atoms with Crippen molar-refractivity contribution in [2.45, 2.75) is 0 Å². The minimum atomic E-state index is 0. The highest BCUT2D eigenvalue weighted by atomic mass is 35.5. The molecule has 1 aliphatic heterocycles. The van der Waals surface area contributed by atoms with E-state index in [0.29, 0.717) is 0 Å². The summed E-state index contributed by atoms with van der Waals surface area (Å²) in [5.74, 6) is 0. The van der Waals surface area contributed by atoms with Gasteiger partial charge in [-0.25, -0.2) is 0 Å². The molecule has 1 heterocycles. The lowest BCUT2D eigenvalue weighted by molar-refractivity contribution is 0.290. The van der Waals surface area contributed by atoms with Gasteiger partial charge in [-0.05, 0) is 0 Å². The Morgan fingerprint density at radius 2 is 0.450 bits per heavy atom. The monoisotopic (exact) mass is 312 g/mol. The van der Waals surface area contributed by atoms with Gasteiger partial charge in [0.1, 0.15) is 25.0 Å². The molecule has 0 saturated carbocycles. The molecule has 0 N–H and O–H groups in total. The van der Waals surface area contributed by atoms with Crippen molar-refractivity contribution in [2.24, 2.45) is 0 Å². The summed E-state index contributed by atoms with van der Waals surface area (Å²) in [7, 11) is 0. The van der Waals surface area contributed by atoms with Crippen molar-refractivity contribution >= 4 is 24.8 Å². The van der Waals surface area contributed by atoms with Gasteiger partial charge in [-0.3, -0.25) is 0 Å². The van der Waals surface area contributed by atoms with Gasteiger partial charge in [0.15, 0.2) is 0 Å². The first-order valence-electron chi connectivity index (χ1n) is 5.61. The minimum Gasteiger partial charge on any atom is -0.466 e. The highest BCUT2D eigenvalue weighted by Crippen LogP contribution is 1.89. The third-order valence-electron chi connectivity index (χ3n) is 1.76. The molecule has 0 fully saturated rings. The molecule has 2 aromatic carbocycles. The van der Waals surface area contributed by atoms with Crippen molar-refractivity contribution in [1.82, 2.24) is 0 Å². The SMILES string of the molecule is C1=COC=CO1.Cl.Cl.c1ccccc1.c1ccccc1. The average Bonchev–Trinajstić information content (AvgIpc) is 2.54. The first kappa shape index (κ1) is 20.4. The highest BCUT2D eigenvalue weighted by Gasteiger charge is 1.74. The predicted octanol–water partition coefficient (Wildman–Crippen LogP) is 5.19. The zero-order chi connectivity index (χ0) is 12.7. The number of ether oxygens (including phenoxy) is 2. The molecule has 0 saturated heterocycles. The molecule has 108 valence electrons. The van der Waals surface area contributed by atoms with E-state index >= 15 is 0 Å². The summed E-state index contributed by atoms with van der Waals surface area (Å²) in [5.41, 5.74) is 0. The molecular formula is C16H18Cl2O2. The number of hydrogen-bond acceptors (Lipinski definition) is 2. The molecule has 2 aromatic rings. The van der Waals surface area contributed by atoms with Gasteiger partial charge in [-0.15, -0.1) is 24.8 Å². The fourth-order valence-electron chi connectivity index (χ4n) is 0.989. The van der Waals surface area contributed by atoms with Crippen LogP contribution in [-0.4, -0.2) is 0 Å². The van der Waals surface area contributed by atoms with E-state index in [2.05, 4.69) is 9.47 Å². The Hall–Kier alpha value is -1.90. The molecule has 0 bridgehead atoms. The first-order chi connectivity index (χ1) is 9.00. The molecule has 4 heteroatoms. The normalized spacial score (nSPS) is 9.60. The molecule has 20 heavy (non-hydrogen) atoms. The summed E-state index contributed by atoms with van der Waals surface area (Å²) in [6, 6.07) is 24.0. The lowest BCUT2D eigenvalue weighted by atomic mass is 10.4.